The van der Waals surface area contributed by atoms with Crippen LogP contribution in [-0.2, 0) is 14.2 Å². The summed E-state index contributed by atoms with van der Waals surface area (Å²) in [6.45, 7) is 0. The molecule has 112 valence electrons. The van der Waals surface area contributed by atoms with E-state index < -0.39 is 6.16 Å². The first kappa shape index (κ1) is 11.9. The molecule has 3 aliphatic rings. The molecule has 0 spiro atoms. The second-order valence-corrected chi connectivity index (χ2v) is 6.35. The van der Waals surface area contributed by atoms with Gasteiger partial charge in [-0.05, 0) is 32.7 Å². The van der Waals surface area contributed by atoms with E-state index in [9.17, 15) is 4.79 Å². The molecule has 6 rings (SSSR count). The van der Waals surface area contributed by atoms with Gasteiger partial charge in [-0.15, -0.1) is 0 Å². The smallest absolute Gasteiger partial charge is 0.424 e. The van der Waals surface area contributed by atoms with Crippen molar-refractivity contribution in [2.24, 2.45) is 0 Å². The molecule has 0 aromatic heterocycles. The maximum absolute atomic E-state index is 11.5. The molecule has 0 saturated carbocycles. The Labute approximate surface area is 131 Å². The Morgan fingerprint density at radius 2 is 1.52 bits per heavy atom. The SMILES string of the molecule is O=C1O[C@@H]2[C@H](O1)[C@H]1O[C@@H]2c2c1ccc1ccc3ccccc3c21. The van der Waals surface area contributed by atoms with Gasteiger partial charge in [0.2, 0.25) is 0 Å². The Morgan fingerprint density at radius 1 is 0.783 bits per heavy atom. The Bertz CT molecular complexity index is 1010. The van der Waals surface area contributed by atoms with Crippen LogP contribution in [-0.4, -0.2) is 18.4 Å². The van der Waals surface area contributed by atoms with Crippen LogP contribution >= 0.6 is 0 Å². The van der Waals surface area contributed by atoms with Crippen molar-refractivity contribution >= 4 is 27.7 Å². The van der Waals surface area contributed by atoms with Gasteiger partial charge in [-0.1, -0.05) is 48.5 Å². The lowest BCUT2D eigenvalue weighted by Gasteiger charge is -2.22. The van der Waals surface area contributed by atoms with Crippen LogP contribution in [0.2, 0.25) is 0 Å². The van der Waals surface area contributed by atoms with Crippen LogP contribution in [0.5, 0.6) is 0 Å². The number of hydrogen-bond donors (Lipinski definition) is 0. The molecule has 2 bridgehead atoms. The molecule has 4 nitrogen and oxygen atoms in total. The van der Waals surface area contributed by atoms with Gasteiger partial charge in [-0.3, -0.25) is 0 Å². The van der Waals surface area contributed by atoms with Crippen molar-refractivity contribution in [3.8, 4) is 0 Å². The number of hydrogen-bond acceptors (Lipinski definition) is 4. The first-order chi connectivity index (χ1) is 11.3. The van der Waals surface area contributed by atoms with Crippen molar-refractivity contribution in [3.63, 3.8) is 0 Å². The predicted octanol–water partition coefficient (Wildman–Crippen LogP) is 4.02. The summed E-state index contributed by atoms with van der Waals surface area (Å²) in [5.41, 5.74) is 2.28. The zero-order valence-corrected chi connectivity index (χ0v) is 12.1. The fourth-order valence-electron chi connectivity index (χ4n) is 4.34. The number of carbonyl (C=O) groups is 1. The van der Waals surface area contributed by atoms with Crippen LogP contribution in [0.15, 0.2) is 48.5 Å². The highest BCUT2D eigenvalue weighted by Crippen LogP contribution is 2.57. The standard InChI is InChI=1S/C19H12O4/c20-19-22-17-15-12-8-7-10-6-5-9-3-1-2-4-11(9)13(10)14(12)16(21-15)18(17)23-19/h1-8,15-18H/t15-,16+,17+,18-/m0/s1. The molecular weight excluding hydrogens is 292 g/mol. The largest absolute Gasteiger partial charge is 0.509 e. The monoisotopic (exact) mass is 304 g/mol. The fourth-order valence-corrected chi connectivity index (χ4v) is 4.34. The summed E-state index contributed by atoms with van der Waals surface area (Å²) in [5.74, 6) is 0. The summed E-state index contributed by atoms with van der Waals surface area (Å²) < 4.78 is 16.8. The first-order valence-electron chi connectivity index (χ1n) is 7.78. The molecule has 0 aliphatic carbocycles. The van der Waals surface area contributed by atoms with E-state index in [2.05, 4.69) is 42.5 Å². The lowest BCUT2D eigenvalue weighted by molar-refractivity contribution is -0.00554. The van der Waals surface area contributed by atoms with Gasteiger partial charge in [0.05, 0.1) is 0 Å². The van der Waals surface area contributed by atoms with E-state index in [0.29, 0.717) is 0 Å². The van der Waals surface area contributed by atoms with Crippen molar-refractivity contribution in [1.29, 1.82) is 0 Å². The van der Waals surface area contributed by atoms with E-state index in [1.807, 2.05) is 6.07 Å². The maximum atomic E-state index is 11.5. The molecule has 3 heterocycles. The Kier molecular flexibility index (Phi) is 1.99. The van der Waals surface area contributed by atoms with E-state index in [0.717, 1.165) is 11.1 Å². The van der Waals surface area contributed by atoms with Gasteiger partial charge in [0.25, 0.3) is 0 Å². The maximum Gasteiger partial charge on any atom is 0.509 e. The number of carbonyl (C=O) groups excluding carboxylic acids is 1. The first-order valence-corrected chi connectivity index (χ1v) is 7.78. The summed E-state index contributed by atoms with van der Waals surface area (Å²) in [6.07, 6.45) is -1.67. The third kappa shape index (κ3) is 1.33. The summed E-state index contributed by atoms with van der Waals surface area (Å²) >= 11 is 0. The predicted molar refractivity (Wildman–Crippen MR) is 83.2 cm³/mol. The molecule has 4 heteroatoms. The van der Waals surface area contributed by atoms with Gasteiger partial charge in [0.1, 0.15) is 12.2 Å². The molecular formula is C19H12O4. The molecule has 3 aromatic carbocycles. The fraction of sp³-hybridized carbons (Fsp3) is 0.211. The number of benzene rings is 3. The number of fused-ring (bicyclic) bond motifs is 12. The molecule has 0 N–H and O–H groups in total. The van der Waals surface area contributed by atoms with Crippen molar-refractivity contribution in [2.45, 2.75) is 24.4 Å². The molecule has 2 saturated heterocycles. The normalized spacial score (nSPS) is 30.3. The molecule has 0 unspecified atom stereocenters. The van der Waals surface area contributed by atoms with Gasteiger partial charge in [-0.2, -0.15) is 0 Å². The molecule has 0 radical (unpaired) electrons. The molecule has 23 heavy (non-hydrogen) atoms. The van der Waals surface area contributed by atoms with Crippen molar-refractivity contribution < 1.29 is 19.0 Å². The van der Waals surface area contributed by atoms with Gasteiger partial charge in [-0.25, -0.2) is 4.79 Å². The average Bonchev–Trinajstić information content (AvgIpc) is 3.23. The minimum Gasteiger partial charge on any atom is -0.424 e. The van der Waals surface area contributed by atoms with E-state index >= 15 is 0 Å². The molecule has 3 aromatic rings. The zero-order chi connectivity index (χ0) is 15.1. The second-order valence-electron chi connectivity index (χ2n) is 6.35. The lowest BCUT2D eigenvalue weighted by Crippen LogP contribution is -2.28. The van der Waals surface area contributed by atoms with Crippen LogP contribution < -0.4 is 0 Å². The van der Waals surface area contributed by atoms with Crippen molar-refractivity contribution in [1.82, 2.24) is 0 Å². The van der Waals surface area contributed by atoms with Crippen LogP contribution in [0, 0.1) is 0 Å². The minimum atomic E-state index is -0.583. The average molecular weight is 304 g/mol. The van der Waals surface area contributed by atoms with E-state index in [4.69, 9.17) is 14.2 Å². The second kappa shape index (κ2) is 3.84. The molecule has 3 aliphatic heterocycles. The minimum absolute atomic E-state index is 0.213. The quantitative estimate of drug-likeness (QED) is 0.465. The summed E-state index contributed by atoms with van der Waals surface area (Å²) in [5, 5.41) is 4.79. The number of ether oxygens (including phenoxy) is 3. The Morgan fingerprint density at radius 3 is 2.43 bits per heavy atom. The number of rotatable bonds is 0. The van der Waals surface area contributed by atoms with Crippen LogP contribution in [0.1, 0.15) is 23.3 Å². The van der Waals surface area contributed by atoms with Crippen molar-refractivity contribution in [3.05, 3.63) is 59.7 Å². The van der Waals surface area contributed by atoms with E-state index in [-0.39, 0.29) is 24.4 Å². The summed E-state index contributed by atoms with van der Waals surface area (Å²) in [7, 11) is 0. The van der Waals surface area contributed by atoms with Crippen LogP contribution in [0.4, 0.5) is 4.79 Å². The highest BCUT2D eigenvalue weighted by Gasteiger charge is 2.60. The van der Waals surface area contributed by atoms with E-state index in [1.54, 1.807) is 0 Å². The summed E-state index contributed by atoms with van der Waals surface area (Å²) in [4.78, 5) is 11.5. The van der Waals surface area contributed by atoms with Gasteiger partial charge in [0, 0.05) is 0 Å². The van der Waals surface area contributed by atoms with Gasteiger partial charge >= 0.3 is 6.16 Å². The van der Waals surface area contributed by atoms with Gasteiger partial charge in [0.15, 0.2) is 12.2 Å². The Hall–Kier alpha value is -2.59. The van der Waals surface area contributed by atoms with Crippen LogP contribution in [0.3, 0.4) is 0 Å². The lowest BCUT2D eigenvalue weighted by atomic mass is 9.83. The van der Waals surface area contributed by atoms with E-state index in [1.165, 1.54) is 21.5 Å². The molecule has 0 amide bonds. The molecule has 4 atom stereocenters. The molecule has 2 fully saturated rings. The van der Waals surface area contributed by atoms with Crippen molar-refractivity contribution in [2.75, 3.05) is 0 Å². The highest BCUT2D eigenvalue weighted by molar-refractivity contribution is 6.10. The highest BCUT2D eigenvalue weighted by atomic mass is 16.8. The van der Waals surface area contributed by atoms with Gasteiger partial charge < -0.3 is 14.2 Å². The third-order valence-corrected chi connectivity index (χ3v) is 5.25. The topological polar surface area (TPSA) is 44.8 Å². The summed E-state index contributed by atoms with van der Waals surface area (Å²) in [6, 6.07) is 16.8. The zero-order valence-electron chi connectivity index (χ0n) is 12.1. The Balaban J connectivity index is 1.71. The van der Waals surface area contributed by atoms with Crippen LogP contribution in [0.25, 0.3) is 21.5 Å². The third-order valence-electron chi connectivity index (χ3n) is 5.25.